The van der Waals surface area contributed by atoms with Crippen molar-refractivity contribution in [2.45, 2.75) is 19.4 Å². The van der Waals surface area contributed by atoms with Crippen LogP contribution >= 0.6 is 0 Å². The van der Waals surface area contributed by atoms with Crippen LogP contribution in [0.2, 0.25) is 0 Å². The van der Waals surface area contributed by atoms with E-state index in [9.17, 15) is 8.78 Å². The molecule has 0 amide bonds. The van der Waals surface area contributed by atoms with Crippen LogP contribution in [-0.4, -0.2) is 13.0 Å². The molecule has 1 aromatic carbocycles. The van der Waals surface area contributed by atoms with Gasteiger partial charge in [0.05, 0.1) is 12.6 Å². The smallest absolute Gasteiger partial charge is 0.257 e. The van der Waals surface area contributed by atoms with Crippen molar-refractivity contribution in [1.29, 1.82) is 0 Å². The Hall–Kier alpha value is -1.16. The molecule has 0 aromatic heterocycles. The molecule has 1 rings (SSSR count). The number of nitrogens with two attached hydrogens (primary N) is 1. The molecule has 1 aromatic rings. The minimum absolute atomic E-state index is 0.351. The molecule has 78 valence electrons. The Morgan fingerprint density at radius 3 is 2.57 bits per heavy atom. The van der Waals surface area contributed by atoms with Gasteiger partial charge in [-0.1, -0.05) is 18.2 Å². The van der Waals surface area contributed by atoms with E-state index in [1.54, 1.807) is 31.2 Å². The summed E-state index contributed by atoms with van der Waals surface area (Å²) in [7, 11) is 0. The van der Waals surface area contributed by atoms with Crippen LogP contribution in [0.15, 0.2) is 24.3 Å². The van der Waals surface area contributed by atoms with Gasteiger partial charge >= 0.3 is 0 Å². The largest absolute Gasteiger partial charge is 0.494 e. The molecule has 14 heavy (non-hydrogen) atoms. The highest BCUT2D eigenvalue weighted by Gasteiger charge is 2.20. The van der Waals surface area contributed by atoms with E-state index >= 15 is 0 Å². The van der Waals surface area contributed by atoms with Crippen molar-refractivity contribution >= 4 is 0 Å². The topological polar surface area (TPSA) is 35.2 Å². The van der Waals surface area contributed by atoms with Crippen LogP contribution in [0.5, 0.6) is 5.75 Å². The first-order chi connectivity index (χ1) is 6.66. The second-order valence-corrected chi connectivity index (χ2v) is 2.83. The molecule has 0 fully saturated rings. The number of rotatable bonds is 4. The van der Waals surface area contributed by atoms with Gasteiger partial charge in [0.2, 0.25) is 0 Å². The summed E-state index contributed by atoms with van der Waals surface area (Å²) in [6.07, 6.45) is -2.57. The van der Waals surface area contributed by atoms with Gasteiger partial charge in [0.15, 0.2) is 0 Å². The van der Waals surface area contributed by atoms with Gasteiger partial charge in [0.25, 0.3) is 6.43 Å². The minimum atomic E-state index is -2.57. The monoisotopic (exact) mass is 201 g/mol. The van der Waals surface area contributed by atoms with Gasteiger partial charge in [-0.3, -0.25) is 0 Å². The molecule has 0 heterocycles. The van der Waals surface area contributed by atoms with Crippen molar-refractivity contribution in [3.05, 3.63) is 29.8 Å². The number of alkyl halides is 2. The van der Waals surface area contributed by atoms with E-state index in [1.807, 2.05) is 0 Å². The number of para-hydroxylation sites is 1. The summed E-state index contributed by atoms with van der Waals surface area (Å²) in [5.41, 5.74) is 5.69. The number of benzene rings is 1. The fraction of sp³-hybridized carbons (Fsp3) is 0.400. The Bertz CT molecular complexity index is 291. The van der Waals surface area contributed by atoms with Crippen molar-refractivity contribution < 1.29 is 13.5 Å². The second kappa shape index (κ2) is 4.91. The van der Waals surface area contributed by atoms with Gasteiger partial charge in [-0.05, 0) is 13.0 Å². The maximum Gasteiger partial charge on any atom is 0.257 e. The molecule has 0 spiro atoms. The third-order valence-electron chi connectivity index (χ3n) is 1.85. The first kappa shape index (κ1) is 10.9. The Kier molecular flexibility index (Phi) is 3.83. The van der Waals surface area contributed by atoms with Crippen molar-refractivity contribution in [3.8, 4) is 5.75 Å². The number of halogens is 2. The summed E-state index contributed by atoms with van der Waals surface area (Å²) in [6.45, 7) is 2.23. The number of ether oxygens (including phenoxy) is 1. The van der Waals surface area contributed by atoms with Crippen LogP contribution in [-0.2, 0) is 0 Å². The Labute approximate surface area is 81.7 Å². The van der Waals surface area contributed by atoms with Crippen LogP contribution in [0.25, 0.3) is 0 Å². The van der Waals surface area contributed by atoms with E-state index in [0.717, 1.165) is 0 Å². The fourth-order valence-corrected chi connectivity index (χ4v) is 1.18. The minimum Gasteiger partial charge on any atom is -0.494 e. The number of hydrogen-bond donors (Lipinski definition) is 1. The Morgan fingerprint density at radius 2 is 2.00 bits per heavy atom. The molecule has 0 bridgehead atoms. The predicted octanol–water partition coefficient (Wildman–Crippen LogP) is 2.35. The normalized spacial score (nSPS) is 12.9. The summed E-state index contributed by atoms with van der Waals surface area (Å²) in [6, 6.07) is 5.31. The first-order valence-electron chi connectivity index (χ1n) is 4.42. The number of hydrogen-bond acceptors (Lipinski definition) is 2. The summed E-state index contributed by atoms with van der Waals surface area (Å²) >= 11 is 0. The van der Waals surface area contributed by atoms with Gasteiger partial charge in [-0.25, -0.2) is 8.78 Å². The van der Waals surface area contributed by atoms with E-state index < -0.39 is 12.5 Å². The maximum absolute atomic E-state index is 12.4. The molecular weight excluding hydrogens is 188 g/mol. The van der Waals surface area contributed by atoms with Gasteiger partial charge in [0, 0.05) is 5.56 Å². The third-order valence-corrected chi connectivity index (χ3v) is 1.85. The van der Waals surface area contributed by atoms with Gasteiger partial charge < -0.3 is 10.5 Å². The standard InChI is InChI=1S/C10H13F2NO/c1-2-14-8-6-4-3-5-7(8)9(13)10(11)12/h3-6,9-10H,2,13H2,1H3. The maximum atomic E-state index is 12.4. The van der Waals surface area contributed by atoms with Crippen LogP contribution < -0.4 is 10.5 Å². The summed E-state index contributed by atoms with van der Waals surface area (Å²) < 4.78 is 29.9. The van der Waals surface area contributed by atoms with E-state index in [0.29, 0.717) is 17.9 Å². The van der Waals surface area contributed by atoms with Crippen molar-refractivity contribution in [3.63, 3.8) is 0 Å². The van der Waals surface area contributed by atoms with E-state index in [-0.39, 0.29) is 0 Å². The lowest BCUT2D eigenvalue weighted by Crippen LogP contribution is -2.19. The lowest BCUT2D eigenvalue weighted by molar-refractivity contribution is 0.114. The highest BCUT2D eigenvalue weighted by molar-refractivity contribution is 5.36. The highest BCUT2D eigenvalue weighted by atomic mass is 19.3. The molecular formula is C10H13F2NO. The second-order valence-electron chi connectivity index (χ2n) is 2.83. The Morgan fingerprint density at radius 1 is 1.36 bits per heavy atom. The van der Waals surface area contributed by atoms with Crippen LogP contribution in [0, 0.1) is 0 Å². The molecule has 0 saturated carbocycles. The van der Waals surface area contributed by atoms with Crippen molar-refractivity contribution in [1.82, 2.24) is 0 Å². The molecule has 0 radical (unpaired) electrons. The summed E-state index contributed by atoms with van der Waals surface area (Å²) in [5.74, 6) is 0.433. The van der Waals surface area contributed by atoms with E-state index in [1.165, 1.54) is 0 Å². The SMILES string of the molecule is CCOc1ccccc1C(N)C(F)F. The zero-order valence-electron chi connectivity index (χ0n) is 7.91. The molecule has 0 aliphatic rings. The average Bonchev–Trinajstić information content (AvgIpc) is 2.18. The molecule has 2 nitrogen and oxygen atoms in total. The molecule has 0 aliphatic heterocycles. The van der Waals surface area contributed by atoms with Crippen LogP contribution in [0.1, 0.15) is 18.5 Å². The van der Waals surface area contributed by atoms with Gasteiger partial charge in [-0.2, -0.15) is 0 Å². The predicted molar refractivity (Wildman–Crippen MR) is 50.5 cm³/mol. The van der Waals surface area contributed by atoms with Crippen molar-refractivity contribution in [2.75, 3.05) is 6.61 Å². The van der Waals surface area contributed by atoms with Crippen LogP contribution in [0.3, 0.4) is 0 Å². The lowest BCUT2D eigenvalue weighted by atomic mass is 10.1. The zero-order valence-corrected chi connectivity index (χ0v) is 7.91. The Balaban J connectivity index is 2.94. The van der Waals surface area contributed by atoms with Gasteiger partial charge in [-0.15, -0.1) is 0 Å². The molecule has 2 N–H and O–H groups in total. The molecule has 0 aliphatic carbocycles. The molecule has 4 heteroatoms. The quantitative estimate of drug-likeness (QED) is 0.811. The van der Waals surface area contributed by atoms with E-state index in [4.69, 9.17) is 10.5 Å². The highest BCUT2D eigenvalue weighted by Crippen LogP contribution is 2.27. The summed E-state index contributed by atoms with van der Waals surface area (Å²) in [4.78, 5) is 0. The molecule has 1 unspecified atom stereocenters. The average molecular weight is 201 g/mol. The van der Waals surface area contributed by atoms with Gasteiger partial charge in [0.1, 0.15) is 5.75 Å². The molecule has 0 saturated heterocycles. The first-order valence-corrected chi connectivity index (χ1v) is 4.42. The molecule has 1 atom stereocenters. The zero-order chi connectivity index (χ0) is 10.6. The van der Waals surface area contributed by atoms with Crippen LogP contribution in [0.4, 0.5) is 8.78 Å². The van der Waals surface area contributed by atoms with Crippen molar-refractivity contribution in [2.24, 2.45) is 5.73 Å². The lowest BCUT2D eigenvalue weighted by Gasteiger charge is -2.15. The summed E-state index contributed by atoms with van der Waals surface area (Å²) in [5, 5.41) is 0. The van der Waals surface area contributed by atoms with E-state index in [2.05, 4.69) is 0 Å². The third kappa shape index (κ3) is 2.42. The fourth-order valence-electron chi connectivity index (χ4n) is 1.18.